The van der Waals surface area contributed by atoms with Crippen molar-refractivity contribution in [3.05, 3.63) is 65.2 Å². The van der Waals surface area contributed by atoms with Gasteiger partial charge in [0.15, 0.2) is 0 Å². The number of aromatic hydroxyl groups is 1. The fourth-order valence-corrected chi connectivity index (χ4v) is 4.24. The smallest absolute Gasteiger partial charge is 0.115 e. The highest BCUT2D eigenvalue weighted by molar-refractivity contribution is 5.39. The maximum Gasteiger partial charge on any atom is 0.115 e. The van der Waals surface area contributed by atoms with Crippen molar-refractivity contribution in [1.82, 2.24) is 4.90 Å². The molecular weight excluding hydrogens is 298 g/mol. The van der Waals surface area contributed by atoms with Gasteiger partial charge in [0.05, 0.1) is 12.2 Å². The van der Waals surface area contributed by atoms with Gasteiger partial charge in [-0.1, -0.05) is 43.3 Å². The molecule has 0 amide bonds. The molecule has 3 heteroatoms. The zero-order chi connectivity index (χ0) is 16.5. The van der Waals surface area contributed by atoms with Crippen molar-refractivity contribution >= 4 is 0 Å². The lowest BCUT2D eigenvalue weighted by Gasteiger charge is -2.47. The summed E-state index contributed by atoms with van der Waals surface area (Å²) in [6.45, 7) is 4.29. The summed E-state index contributed by atoms with van der Waals surface area (Å²) in [4.78, 5) is 2.60. The highest BCUT2D eigenvalue weighted by Gasteiger charge is 2.40. The molecule has 0 radical (unpaired) electrons. The van der Waals surface area contributed by atoms with Crippen LogP contribution < -0.4 is 0 Å². The van der Waals surface area contributed by atoms with E-state index in [2.05, 4.69) is 42.2 Å². The molecule has 4 rings (SSSR count). The highest BCUT2D eigenvalue weighted by atomic mass is 16.5. The van der Waals surface area contributed by atoms with Crippen LogP contribution in [0.3, 0.4) is 0 Å². The van der Waals surface area contributed by atoms with Crippen molar-refractivity contribution in [1.29, 1.82) is 0 Å². The summed E-state index contributed by atoms with van der Waals surface area (Å²) in [6, 6.07) is 16.7. The van der Waals surface area contributed by atoms with Crippen molar-refractivity contribution in [2.45, 2.75) is 44.4 Å². The first kappa shape index (κ1) is 15.7. The number of aryl methyl sites for hydroxylation is 1. The lowest BCUT2D eigenvalue weighted by atomic mass is 9.83. The summed E-state index contributed by atoms with van der Waals surface area (Å²) in [5, 5.41) is 9.96. The molecule has 1 aliphatic heterocycles. The quantitative estimate of drug-likeness (QED) is 0.917. The summed E-state index contributed by atoms with van der Waals surface area (Å²) in [5.74, 6) is 0.335. The average Bonchev–Trinajstić information content (AvgIpc) is 2.62. The van der Waals surface area contributed by atoms with Gasteiger partial charge in [0.25, 0.3) is 0 Å². The van der Waals surface area contributed by atoms with E-state index in [1.165, 1.54) is 16.7 Å². The van der Waals surface area contributed by atoms with Crippen molar-refractivity contribution < 1.29 is 9.84 Å². The lowest BCUT2D eigenvalue weighted by molar-refractivity contribution is -0.130. The average molecular weight is 323 g/mol. The third-order valence-electron chi connectivity index (χ3n) is 5.36. The minimum Gasteiger partial charge on any atom is -0.508 e. The van der Waals surface area contributed by atoms with Crippen molar-refractivity contribution in [2.24, 2.45) is 0 Å². The Morgan fingerprint density at radius 3 is 2.79 bits per heavy atom. The zero-order valence-electron chi connectivity index (χ0n) is 14.2. The van der Waals surface area contributed by atoms with Crippen molar-refractivity contribution in [3.63, 3.8) is 0 Å². The van der Waals surface area contributed by atoms with Gasteiger partial charge in [-0.25, -0.2) is 0 Å². The zero-order valence-corrected chi connectivity index (χ0v) is 14.2. The van der Waals surface area contributed by atoms with Gasteiger partial charge in [-0.05, 0) is 54.6 Å². The first-order valence-electron chi connectivity index (χ1n) is 9.02. The number of fused-ring (bicyclic) bond motifs is 3. The lowest BCUT2D eigenvalue weighted by Crippen LogP contribution is -2.50. The molecule has 2 aromatic rings. The molecule has 2 aliphatic rings. The monoisotopic (exact) mass is 323 g/mol. The van der Waals surface area contributed by atoms with Gasteiger partial charge in [-0.3, -0.25) is 4.90 Å². The van der Waals surface area contributed by atoms with Crippen LogP contribution in [0.4, 0.5) is 0 Å². The van der Waals surface area contributed by atoms with Gasteiger partial charge in [0.1, 0.15) is 5.75 Å². The molecule has 2 aromatic carbocycles. The normalized spacial score (nSPS) is 26.6. The van der Waals surface area contributed by atoms with E-state index in [-0.39, 0.29) is 12.2 Å². The Morgan fingerprint density at radius 1 is 1.17 bits per heavy atom. The summed E-state index contributed by atoms with van der Waals surface area (Å²) in [7, 11) is 0. The molecule has 3 atom stereocenters. The molecular formula is C21H25NO2. The molecule has 24 heavy (non-hydrogen) atoms. The van der Waals surface area contributed by atoms with Crippen LogP contribution in [0.2, 0.25) is 0 Å². The molecule has 1 N–H and O–H groups in total. The number of phenols is 1. The van der Waals surface area contributed by atoms with Crippen LogP contribution in [0.15, 0.2) is 48.5 Å². The number of hydrogen-bond acceptors (Lipinski definition) is 3. The van der Waals surface area contributed by atoms with Crippen LogP contribution in [0.25, 0.3) is 0 Å². The summed E-state index contributed by atoms with van der Waals surface area (Å²) >= 11 is 0. The first-order chi connectivity index (χ1) is 11.8. The van der Waals surface area contributed by atoms with Gasteiger partial charge < -0.3 is 9.84 Å². The van der Waals surface area contributed by atoms with Gasteiger partial charge in [0.2, 0.25) is 0 Å². The standard InChI is InChI=1S/C21H25NO2/c1-2-12-22-14-20(16-6-4-3-5-7-16)24-21-18-13-17(23)10-8-15(18)9-11-19(21)22/h3-8,10,13,19-21,23H,2,9,11-12,14H2,1H3/t19-,20+,21-/m1/s1. The van der Waals surface area contributed by atoms with Gasteiger partial charge in [-0.15, -0.1) is 0 Å². The molecule has 1 heterocycles. The van der Waals surface area contributed by atoms with Crippen LogP contribution in [-0.4, -0.2) is 29.1 Å². The molecule has 126 valence electrons. The van der Waals surface area contributed by atoms with Gasteiger partial charge >= 0.3 is 0 Å². The van der Waals surface area contributed by atoms with E-state index in [4.69, 9.17) is 4.74 Å². The fraction of sp³-hybridized carbons (Fsp3) is 0.429. The van der Waals surface area contributed by atoms with Crippen LogP contribution in [-0.2, 0) is 11.2 Å². The van der Waals surface area contributed by atoms with Gasteiger partial charge in [-0.2, -0.15) is 0 Å². The Kier molecular flexibility index (Phi) is 4.30. The molecule has 0 spiro atoms. The Labute approximate surface area is 143 Å². The van der Waals surface area contributed by atoms with E-state index in [0.29, 0.717) is 11.8 Å². The van der Waals surface area contributed by atoms with E-state index >= 15 is 0 Å². The Balaban J connectivity index is 1.70. The molecule has 0 unspecified atom stereocenters. The second-order valence-corrected chi connectivity index (χ2v) is 6.94. The summed E-state index contributed by atoms with van der Waals surface area (Å²) < 4.78 is 6.58. The van der Waals surface area contributed by atoms with E-state index in [0.717, 1.165) is 32.4 Å². The minimum atomic E-state index is 0.0476. The van der Waals surface area contributed by atoms with Crippen LogP contribution in [0, 0.1) is 0 Å². The maximum absolute atomic E-state index is 9.96. The van der Waals surface area contributed by atoms with E-state index < -0.39 is 0 Å². The third-order valence-corrected chi connectivity index (χ3v) is 5.36. The third kappa shape index (κ3) is 2.83. The van der Waals surface area contributed by atoms with Crippen molar-refractivity contribution in [3.8, 4) is 5.75 Å². The Morgan fingerprint density at radius 2 is 2.00 bits per heavy atom. The van der Waals surface area contributed by atoms with Crippen LogP contribution in [0.5, 0.6) is 5.75 Å². The molecule has 0 saturated carbocycles. The summed E-state index contributed by atoms with van der Waals surface area (Å²) in [6.07, 6.45) is 3.48. The maximum atomic E-state index is 9.96. The molecule has 0 aromatic heterocycles. The second-order valence-electron chi connectivity index (χ2n) is 6.94. The number of ether oxygens (including phenoxy) is 1. The number of benzene rings is 2. The fourth-order valence-electron chi connectivity index (χ4n) is 4.24. The highest BCUT2D eigenvalue weighted by Crippen LogP contribution is 2.43. The second kappa shape index (κ2) is 6.58. The molecule has 1 saturated heterocycles. The molecule has 0 bridgehead atoms. The Hall–Kier alpha value is -1.84. The number of morpholine rings is 1. The van der Waals surface area contributed by atoms with E-state index in [9.17, 15) is 5.11 Å². The number of hydrogen-bond donors (Lipinski definition) is 1. The van der Waals surface area contributed by atoms with Crippen LogP contribution >= 0.6 is 0 Å². The largest absolute Gasteiger partial charge is 0.508 e. The number of nitrogens with zero attached hydrogens (tertiary/aromatic N) is 1. The SMILES string of the molecule is CCCN1C[C@@H](c2ccccc2)O[C@@H]2c3cc(O)ccc3CC[C@H]21. The number of phenolic OH excluding ortho intramolecular Hbond substituents is 1. The predicted molar refractivity (Wildman–Crippen MR) is 95.1 cm³/mol. The number of rotatable bonds is 3. The predicted octanol–water partition coefficient (Wildman–Crippen LogP) is 4.23. The first-order valence-corrected chi connectivity index (χ1v) is 9.02. The molecule has 3 nitrogen and oxygen atoms in total. The van der Waals surface area contributed by atoms with Crippen molar-refractivity contribution in [2.75, 3.05) is 13.1 Å². The van der Waals surface area contributed by atoms with Gasteiger partial charge in [0, 0.05) is 12.6 Å². The summed E-state index contributed by atoms with van der Waals surface area (Å²) in [5.41, 5.74) is 3.73. The topological polar surface area (TPSA) is 32.7 Å². The van der Waals surface area contributed by atoms with E-state index in [1.54, 1.807) is 6.07 Å². The Bertz CT molecular complexity index is 700. The van der Waals surface area contributed by atoms with Crippen LogP contribution in [0.1, 0.15) is 48.7 Å². The molecule has 1 aliphatic carbocycles. The van der Waals surface area contributed by atoms with E-state index in [1.807, 2.05) is 12.1 Å². The minimum absolute atomic E-state index is 0.0476. The molecule has 1 fully saturated rings.